The minimum Gasteiger partial charge on any atom is -0.497 e. The molecule has 6 heteroatoms. The van der Waals surface area contributed by atoms with Crippen molar-refractivity contribution in [3.8, 4) is 11.5 Å². The third-order valence-corrected chi connectivity index (χ3v) is 4.36. The maximum Gasteiger partial charge on any atom is 0.251 e. The molecule has 0 unspecified atom stereocenters. The number of hydrogen-bond donors (Lipinski definition) is 2. The summed E-state index contributed by atoms with van der Waals surface area (Å²) in [6, 6.07) is 18.5. The van der Waals surface area contributed by atoms with E-state index in [4.69, 9.17) is 9.47 Å². The molecule has 0 radical (unpaired) electrons. The highest BCUT2D eigenvalue weighted by Gasteiger charge is 2.08. The molecule has 2 N–H and O–H groups in total. The van der Waals surface area contributed by atoms with Crippen LogP contribution in [0.25, 0.3) is 10.8 Å². The van der Waals surface area contributed by atoms with E-state index in [2.05, 4.69) is 10.6 Å². The Morgan fingerprint density at radius 2 is 1.43 bits per heavy atom. The van der Waals surface area contributed by atoms with Crippen molar-refractivity contribution in [2.45, 2.75) is 6.54 Å². The van der Waals surface area contributed by atoms with Crippen molar-refractivity contribution >= 4 is 22.6 Å². The molecule has 0 saturated heterocycles. The van der Waals surface area contributed by atoms with Crippen LogP contribution in [0.15, 0.2) is 60.7 Å². The van der Waals surface area contributed by atoms with E-state index in [0.29, 0.717) is 17.9 Å². The monoisotopic (exact) mass is 378 g/mol. The quantitative estimate of drug-likeness (QED) is 0.663. The fraction of sp³-hybridized carbons (Fsp3) is 0.182. The number of hydrogen-bond acceptors (Lipinski definition) is 4. The fourth-order valence-corrected chi connectivity index (χ4v) is 2.78. The van der Waals surface area contributed by atoms with Gasteiger partial charge in [0.15, 0.2) is 0 Å². The lowest BCUT2D eigenvalue weighted by molar-refractivity contribution is -0.120. The average molecular weight is 378 g/mol. The number of fused-ring (bicyclic) bond motifs is 1. The first-order valence-electron chi connectivity index (χ1n) is 8.84. The zero-order valence-corrected chi connectivity index (χ0v) is 15.8. The topological polar surface area (TPSA) is 76.7 Å². The maximum absolute atomic E-state index is 12.1. The lowest BCUT2D eigenvalue weighted by Crippen LogP contribution is -2.36. The molecular weight excluding hydrogens is 356 g/mol. The predicted molar refractivity (Wildman–Crippen MR) is 108 cm³/mol. The summed E-state index contributed by atoms with van der Waals surface area (Å²) in [5.41, 5.74) is 1.45. The number of rotatable bonds is 7. The molecule has 28 heavy (non-hydrogen) atoms. The van der Waals surface area contributed by atoms with Gasteiger partial charge in [-0.15, -0.1) is 0 Å². The Morgan fingerprint density at radius 1 is 0.786 bits per heavy atom. The number of carbonyl (C=O) groups is 2. The molecule has 0 aromatic heterocycles. The Bertz CT molecular complexity index is 983. The lowest BCUT2D eigenvalue weighted by Gasteiger charge is -2.09. The molecule has 0 atom stereocenters. The highest BCUT2D eigenvalue weighted by Crippen LogP contribution is 2.21. The van der Waals surface area contributed by atoms with E-state index in [1.165, 1.54) is 0 Å². The summed E-state index contributed by atoms with van der Waals surface area (Å²) in [5.74, 6) is 0.915. The molecule has 3 aromatic rings. The van der Waals surface area contributed by atoms with Gasteiger partial charge >= 0.3 is 0 Å². The van der Waals surface area contributed by atoms with Crippen molar-refractivity contribution in [3.63, 3.8) is 0 Å². The van der Waals surface area contributed by atoms with Gasteiger partial charge < -0.3 is 20.1 Å². The van der Waals surface area contributed by atoms with Gasteiger partial charge in [-0.3, -0.25) is 9.59 Å². The van der Waals surface area contributed by atoms with Crippen LogP contribution in [0, 0.1) is 0 Å². The van der Waals surface area contributed by atoms with E-state index in [0.717, 1.165) is 22.1 Å². The maximum atomic E-state index is 12.1. The summed E-state index contributed by atoms with van der Waals surface area (Å²) in [7, 11) is 3.20. The van der Waals surface area contributed by atoms with Crippen molar-refractivity contribution in [2.24, 2.45) is 0 Å². The number of amides is 2. The molecule has 0 spiro atoms. The number of methoxy groups -OCH3 is 2. The molecule has 0 aliphatic carbocycles. The first kappa shape index (κ1) is 19.2. The van der Waals surface area contributed by atoms with E-state index < -0.39 is 0 Å². The van der Waals surface area contributed by atoms with E-state index in [1.54, 1.807) is 38.5 Å². The number of nitrogens with one attached hydrogen (secondary N) is 2. The van der Waals surface area contributed by atoms with Crippen LogP contribution in [0.4, 0.5) is 0 Å². The summed E-state index contributed by atoms with van der Waals surface area (Å²) in [4.78, 5) is 24.1. The van der Waals surface area contributed by atoms with Crippen molar-refractivity contribution in [3.05, 3.63) is 71.8 Å². The number of carbonyl (C=O) groups excluding carboxylic acids is 2. The standard InChI is InChI=1S/C22H22N2O4/c1-27-19-8-5-16(6-9-19)22(26)24-14-21(25)23-13-15-3-4-18-12-20(28-2)10-7-17(18)11-15/h3-12H,13-14H2,1-2H3,(H,23,25)(H,24,26). The van der Waals surface area contributed by atoms with E-state index >= 15 is 0 Å². The highest BCUT2D eigenvalue weighted by atomic mass is 16.5. The normalized spacial score (nSPS) is 10.4. The van der Waals surface area contributed by atoms with Crippen LogP contribution >= 0.6 is 0 Å². The van der Waals surface area contributed by atoms with Crippen molar-refractivity contribution in [2.75, 3.05) is 20.8 Å². The predicted octanol–water partition coefficient (Wildman–Crippen LogP) is 2.90. The van der Waals surface area contributed by atoms with Crippen LogP contribution in [0.3, 0.4) is 0 Å². The van der Waals surface area contributed by atoms with Gasteiger partial charge in [-0.05, 0) is 58.8 Å². The van der Waals surface area contributed by atoms with Gasteiger partial charge in [0, 0.05) is 12.1 Å². The van der Waals surface area contributed by atoms with Crippen molar-refractivity contribution in [1.82, 2.24) is 10.6 Å². The largest absolute Gasteiger partial charge is 0.497 e. The van der Waals surface area contributed by atoms with Crippen LogP contribution in [0.5, 0.6) is 11.5 Å². The molecular formula is C22H22N2O4. The number of benzene rings is 3. The molecule has 6 nitrogen and oxygen atoms in total. The van der Waals surface area contributed by atoms with Crippen LogP contribution in [-0.4, -0.2) is 32.6 Å². The van der Waals surface area contributed by atoms with E-state index in [1.807, 2.05) is 36.4 Å². The Balaban J connectivity index is 1.50. The second-order valence-electron chi connectivity index (χ2n) is 6.24. The third kappa shape index (κ3) is 4.79. The summed E-state index contributed by atoms with van der Waals surface area (Å²) >= 11 is 0. The summed E-state index contributed by atoms with van der Waals surface area (Å²) in [6.45, 7) is 0.300. The molecule has 3 aromatic carbocycles. The van der Waals surface area contributed by atoms with Gasteiger partial charge in [0.1, 0.15) is 11.5 Å². The first-order chi connectivity index (χ1) is 13.6. The second kappa shape index (κ2) is 8.90. The first-order valence-corrected chi connectivity index (χ1v) is 8.84. The Hall–Kier alpha value is -3.54. The molecule has 2 amide bonds. The molecule has 0 fully saturated rings. The van der Waals surface area contributed by atoms with Gasteiger partial charge in [-0.1, -0.05) is 18.2 Å². The third-order valence-electron chi connectivity index (χ3n) is 4.36. The molecule has 0 saturated carbocycles. The summed E-state index contributed by atoms with van der Waals surface area (Å²) in [6.07, 6.45) is 0. The molecule has 0 aliphatic rings. The van der Waals surface area contributed by atoms with Gasteiger partial charge in [0.05, 0.1) is 20.8 Å². The molecule has 144 valence electrons. The van der Waals surface area contributed by atoms with Gasteiger partial charge in [-0.25, -0.2) is 0 Å². The second-order valence-corrected chi connectivity index (χ2v) is 6.24. The van der Waals surface area contributed by atoms with Crippen LogP contribution in [0.1, 0.15) is 15.9 Å². The molecule has 0 heterocycles. The molecule has 0 aliphatic heterocycles. The van der Waals surface area contributed by atoms with Crippen LogP contribution in [-0.2, 0) is 11.3 Å². The molecule has 3 rings (SSSR count). The SMILES string of the molecule is COc1ccc(C(=O)NCC(=O)NCc2ccc3cc(OC)ccc3c2)cc1. The zero-order chi connectivity index (χ0) is 19.9. The van der Waals surface area contributed by atoms with Gasteiger partial charge in [0.25, 0.3) is 5.91 Å². The van der Waals surface area contributed by atoms with Crippen molar-refractivity contribution < 1.29 is 19.1 Å². The van der Waals surface area contributed by atoms with Crippen LogP contribution < -0.4 is 20.1 Å². The van der Waals surface area contributed by atoms with Gasteiger partial charge in [0.2, 0.25) is 5.91 Å². The highest BCUT2D eigenvalue weighted by molar-refractivity contribution is 5.96. The Morgan fingerprint density at radius 3 is 2.14 bits per heavy atom. The van der Waals surface area contributed by atoms with E-state index in [9.17, 15) is 9.59 Å². The summed E-state index contributed by atoms with van der Waals surface area (Å²) in [5, 5.41) is 7.56. The minimum absolute atomic E-state index is 0.0877. The van der Waals surface area contributed by atoms with Gasteiger partial charge in [-0.2, -0.15) is 0 Å². The van der Waals surface area contributed by atoms with E-state index in [-0.39, 0.29) is 18.4 Å². The van der Waals surface area contributed by atoms with Crippen LogP contribution in [0.2, 0.25) is 0 Å². The smallest absolute Gasteiger partial charge is 0.251 e. The fourth-order valence-electron chi connectivity index (χ4n) is 2.78. The average Bonchev–Trinajstić information content (AvgIpc) is 2.75. The van der Waals surface area contributed by atoms with Crippen molar-refractivity contribution in [1.29, 1.82) is 0 Å². The minimum atomic E-state index is -0.308. The number of ether oxygens (including phenoxy) is 2. The molecule has 0 bridgehead atoms. The summed E-state index contributed by atoms with van der Waals surface area (Å²) < 4.78 is 10.3. The Labute approximate surface area is 163 Å². The Kier molecular flexibility index (Phi) is 6.11. The zero-order valence-electron chi connectivity index (χ0n) is 15.8. The lowest BCUT2D eigenvalue weighted by atomic mass is 10.1.